The van der Waals surface area contributed by atoms with Crippen molar-refractivity contribution in [2.75, 3.05) is 20.8 Å². The molecular formula is C19H24N6O2. The van der Waals surface area contributed by atoms with E-state index in [0.29, 0.717) is 0 Å². The summed E-state index contributed by atoms with van der Waals surface area (Å²) in [5, 5.41) is 14.7. The van der Waals surface area contributed by atoms with Crippen LogP contribution in [0.25, 0.3) is 11.3 Å². The summed E-state index contributed by atoms with van der Waals surface area (Å²) in [6.07, 6.45) is 2.94. The maximum atomic E-state index is 5.61. The Balaban J connectivity index is 1.58. The van der Waals surface area contributed by atoms with Gasteiger partial charge in [-0.25, -0.2) is 4.98 Å². The lowest BCUT2D eigenvalue weighted by molar-refractivity contribution is 0.107. The van der Waals surface area contributed by atoms with Crippen LogP contribution in [0.5, 0.6) is 5.75 Å². The van der Waals surface area contributed by atoms with E-state index in [2.05, 4.69) is 30.3 Å². The smallest absolute Gasteiger partial charge is 0.167 e. The fourth-order valence-electron chi connectivity index (χ4n) is 3.64. The molecule has 3 heterocycles. The van der Waals surface area contributed by atoms with Gasteiger partial charge in [0.15, 0.2) is 5.82 Å². The monoisotopic (exact) mass is 368 g/mol. The van der Waals surface area contributed by atoms with Crippen LogP contribution >= 0.6 is 0 Å². The van der Waals surface area contributed by atoms with E-state index < -0.39 is 0 Å². The summed E-state index contributed by atoms with van der Waals surface area (Å²) in [7, 11) is 3.43. The summed E-state index contributed by atoms with van der Waals surface area (Å²) in [5.41, 5.74) is 3.23. The van der Waals surface area contributed by atoms with E-state index in [4.69, 9.17) is 9.47 Å². The lowest BCUT2D eigenvalue weighted by Gasteiger charge is -2.21. The highest BCUT2D eigenvalue weighted by molar-refractivity contribution is 5.63. The molecule has 1 aromatic carbocycles. The first-order valence-electron chi connectivity index (χ1n) is 9.00. The van der Waals surface area contributed by atoms with E-state index in [-0.39, 0.29) is 12.1 Å². The minimum Gasteiger partial charge on any atom is -0.497 e. The van der Waals surface area contributed by atoms with Crippen LogP contribution in [0.3, 0.4) is 0 Å². The Hall–Kier alpha value is -2.71. The van der Waals surface area contributed by atoms with Gasteiger partial charge in [-0.1, -0.05) is 0 Å². The number of H-pyrrole nitrogens is 2. The van der Waals surface area contributed by atoms with E-state index in [1.165, 1.54) is 0 Å². The Morgan fingerprint density at radius 1 is 1.19 bits per heavy atom. The normalized spacial score (nSPS) is 20.3. The molecular weight excluding hydrogens is 344 g/mol. The van der Waals surface area contributed by atoms with Gasteiger partial charge in [-0.2, -0.15) is 10.2 Å². The summed E-state index contributed by atoms with van der Waals surface area (Å²) in [6, 6.07) is 8.10. The number of methoxy groups -OCH3 is 2. The molecule has 27 heavy (non-hydrogen) atoms. The summed E-state index contributed by atoms with van der Waals surface area (Å²) in [5.74, 6) is 2.48. The van der Waals surface area contributed by atoms with Crippen molar-refractivity contribution in [2.45, 2.75) is 32.0 Å². The summed E-state index contributed by atoms with van der Waals surface area (Å²) < 4.78 is 10.9. The fourth-order valence-corrected chi connectivity index (χ4v) is 3.64. The Morgan fingerprint density at radius 2 is 2.00 bits per heavy atom. The van der Waals surface area contributed by atoms with Gasteiger partial charge in [-0.05, 0) is 37.6 Å². The molecule has 0 radical (unpaired) electrons. The van der Waals surface area contributed by atoms with Crippen molar-refractivity contribution in [1.82, 2.24) is 30.3 Å². The summed E-state index contributed by atoms with van der Waals surface area (Å²) >= 11 is 0. The lowest BCUT2D eigenvalue weighted by Crippen LogP contribution is -2.25. The van der Waals surface area contributed by atoms with Crippen molar-refractivity contribution in [1.29, 1.82) is 0 Å². The predicted octanol–water partition coefficient (Wildman–Crippen LogP) is 2.47. The van der Waals surface area contributed by atoms with Crippen LogP contribution in [0.2, 0.25) is 0 Å². The van der Waals surface area contributed by atoms with Crippen LogP contribution in [-0.2, 0) is 11.3 Å². The van der Waals surface area contributed by atoms with Gasteiger partial charge in [0.2, 0.25) is 0 Å². The second-order valence-corrected chi connectivity index (χ2v) is 6.82. The van der Waals surface area contributed by atoms with Crippen molar-refractivity contribution in [3.05, 3.63) is 47.7 Å². The average Bonchev–Trinajstić information content (AvgIpc) is 3.42. The number of aromatic nitrogens is 5. The van der Waals surface area contributed by atoms with Crippen molar-refractivity contribution in [2.24, 2.45) is 0 Å². The first-order valence-corrected chi connectivity index (χ1v) is 9.00. The highest BCUT2D eigenvalue weighted by atomic mass is 16.5. The van der Waals surface area contributed by atoms with Crippen LogP contribution in [-0.4, -0.2) is 57.1 Å². The van der Waals surface area contributed by atoms with Crippen LogP contribution in [0.4, 0.5) is 0 Å². The van der Waals surface area contributed by atoms with Crippen molar-refractivity contribution >= 4 is 0 Å². The van der Waals surface area contributed by atoms with E-state index in [1.807, 2.05) is 37.4 Å². The molecule has 0 unspecified atom stereocenters. The number of likely N-dealkylation sites (tertiary alicyclic amines) is 1. The maximum Gasteiger partial charge on any atom is 0.167 e. The minimum absolute atomic E-state index is 0.124. The van der Waals surface area contributed by atoms with Crippen molar-refractivity contribution < 1.29 is 9.47 Å². The molecule has 1 aliphatic heterocycles. The number of nitrogens with zero attached hydrogens (tertiary/aromatic N) is 4. The number of hydrogen-bond donors (Lipinski definition) is 2. The number of benzene rings is 1. The standard InChI is InChI=1S/C19H24N6O2/c1-12-21-19(24-22-12)17-8-16(27-3)11-25(17)10-14-9-20-23-18(14)13-4-6-15(26-2)7-5-13/h4-7,9,16-17H,8,10-11H2,1-3H3,(H,20,23)(H,21,22,24)/t16-,17-/m0/s1. The lowest BCUT2D eigenvalue weighted by atomic mass is 10.1. The van der Waals surface area contributed by atoms with Crippen LogP contribution < -0.4 is 4.74 Å². The zero-order valence-electron chi connectivity index (χ0n) is 15.8. The van der Waals surface area contributed by atoms with Gasteiger partial charge in [0, 0.05) is 31.3 Å². The molecule has 8 nitrogen and oxygen atoms in total. The highest BCUT2D eigenvalue weighted by Crippen LogP contribution is 2.34. The molecule has 2 atom stereocenters. The number of rotatable bonds is 6. The quantitative estimate of drug-likeness (QED) is 0.694. The molecule has 1 fully saturated rings. The van der Waals surface area contributed by atoms with E-state index in [9.17, 15) is 0 Å². The maximum absolute atomic E-state index is 5.61. The van der Waals surface area contributed by atoms with Crippen LogP contribution in [0.15, 0.2) is 30.5 Å². The van der Waals surface area contributed by atoms with Crippen molar-refractivity contribution in [3.8, 4) is 17.0 Å². The Bertz CT molecular complexity index is 888. The molecule has 8 heteroatoms. The molecule has 1 aliphatic rings. The van der Waals surface area contributed by atoms with Crippen LogP contribution in [0, 0.1) is 6.92 Å². The third-order valence-electron chi connectivity index (χ3n) is 5.08. The van der Waals surface area contributed by atoms with Gasteiger partial charge in [0.05, 0.1) is 31.1 Å². The largest absolute Gasteiger partial charge is 0.497 e. The second-order valence-electron chi connectivity index (χ2n) is 6.82. The SMILES string of the molecule is COc1ccc(-c2[nH]ncc2CN2C[C@@H](OC)C[C@H]2c2n[nH]c(C)n2)cc1. The zero-order valence-corrected chi connectivity index (χ0v) is 15.8. The zero-order chi connectivity index (χ0) is 18.8. The Kier molecular flexibility index (Phi) is 4.91. The van der Waals surface area contributed by atoms with Gasteiger partial charge in [-0.15, -0.1) is 0 Å². The third-order valence-corrected chi connectivity index (χ3v) is 5.08. The number of nitrogens with one attached hydrogen (secondary N) is 2. The number of aryl methyl sites for hydroxylation is 1. The van der Waals surface area contributed by atoms with E-state index in [1.54, 1.807) is 14.2 Å². The van der Waals surface area contributed by atoms with Gasteiger partial charge in [0.1, 0.15) is 11.6 Å². The second kappa shape index (κ2) is 7.50. The van der Waals surface area contributed by atoms with Crippen LogP contribution in [0.1, 0.15) is 29.7 Å². The molecule has 0 spiro atoms. The van der Waals surface area contributed by atoms with E-state index >= 15 is 0 Å². The molecule has 0 aliphatic carbocycles. The molecule has 142 valence electrons. The predicted molar refractivity (Wildman–Crippen MR) is 100 cm³/mol. The molecule has 1 saturated heterocycles. The number of ether oxygens (including phenoxy) is 2. The molecule has 0 saturated carbocycles. The molecule has 0 bridgehead atoms. The van der Waals surface area contributed by atoms with E-state index in [0.717, 1.165) is 53.7 Å². The molecule has 3 aromatic rings. The summed E-state index contributed by atoms with van der Waals surface area (Å²) in [6.45, 7) is 3.50. The molecule has 2 N–H and O–H groups in total. The Morgan fingerprint density at radius 3 is 2.67 bits per heavy atom. The minimum atomic E-state index is 0.124. The molecule has 4 rings (SSSR count). The fraction of sp³-hybridized carbons (Fsp3) is 0.421. The topological polar surface area (TPSA) is 92.0 Å². The first kappa shape index (κ1) is 17.7. The molecule has 0 amide bonds. The van der Waals surface area contributed by atoms with Gasteiger partial charge in [-0.3, -0.25) is 15.1 Å². The molecule has 2 aromatic heterocycles. The van der Waals surface area contributed by atoms with Gasteiger partial charge >= 0.3 is 0 Å². The van der Waals surface area contributed by atoms with Gasteiger partial charge in [0.25, 0.3) is 0 Å². The highest BCUT2D eigenvalue weighted by Gasteiger charge is 2.36. The Labute approximate surface area is 157 Å². The van der Waals surface area contributed by atoms with Crippen molar-refractivity contribution in [3.63, 3.8) is 0 Å². The first-order chi connectivity index (χ1) is 13.2. The summed E-state index contributed by atoms with van der Waals surface area (Å²) in [4.78, 5) is 6.90. The average molecular weight is 368 g/mol. The van der Waals surface area contributed by atoms with Gasteiger partial charge < -0.3 is 9.47 Å². The third kappa shape index (κ3) is 3.58. The number of aromatic amines is 2. The number of hydrogen-bond acceptors (Lipinski definition) is 6.